The molecule has 0 aliphatic carbocycles. The third kappa shape index (κ3) is 10.3. The van der Waals surface area contributed by atoms with Gasteiger partial charge in [-0.2, -0.15) is 10.2 Å². The topological polar surface area (TPSA) is 37.6 Å². The Morgan fingerprint density at radius 1 is 1.53 bits per heavy atom. The zero-order chi connectivity index (χ0) is 13.1. The van der Waals surface area contributed by atoms with Crippen LogP contribution >= 0.6 is 39.0 Å². The quantitative estimate of drug-likeness (QED) is 0.227. The van der Waals surface area contributed by atoms with Crippen LogP contribution in [0.2, 0.25) is 0 Å². The molecule has 0 saturated carbocycles. The van der Waals surface area contributed by atoms with Gasteiger partial charge in [-0.3, -0.25) is 4.98 Å². The van der Waals surface area contributed by atoms with Crippen molar-refractivity contribution in [3.8, 4) is 0 Å². The van der Waals surface area contributed by atoms with Gasteiger partial charge in [0, 0.05) is 5.69 Å². The van der Waals surface area contributed by atoms with Crippen molar-refractivity contribution < 1.29 is 13.2 Å². The summed E-state index contributed by atoms with van der Waals surface area (Å²) in [6, 6.07) is 5.73. The molecule has 0 atom stereocenters. The van der Waals surface area contributed by atoms with E-state index in [-0.39, 0.29) is 13.2 Å². The number of aromatic nitrogens is 1. The summed E-state index contributed by atoms with van der Waals surface area (Å²) in [6.45, 7) is 1.93. The van der Waals surface area contributed by atoms with E-state index in [4.69, 9.17) is 12.6 Å². The Morgan fingerprint density at radius 3 is 2.71 bits per heavy atom. The average Bonchev–Trinajstić information content (AvgIpc) is 2.30. The van der Waals surface area contributed by atoms with Crippen LogP contribution in [0.1, 0.15) is 11.4 Å². The Kier molecular flexibility index (Phi) is 12.2. The van der Waals surface area contributed by atoms with Crippen LogP contribution in [0.4, 0.5) is 0 Å². The molecule has 0 aliphatic heterocycles. The Balaban J connectivity index is 0.000000770. The molecule has 0 amide bonds. The van der Waals surface area contributed by atoms with Crippen LogP contribution in [0.15, 0.2) is 28.4 Å². The van der Waals surface area contributed by atoms with E-state index in [0.29, 0.717) is 4.38 Å². The molecule has 3 nitrogen and oxygen atoms in total. The van der Waals surface area contributed by atoms with Crippen molar-refractivity contribution in [2.45, 2.75) is 6.92 Å². The molecule has 1 aromatic heterocycles. The van der Waals surface area contributed by atoms with E-state index >= 15 is 0 Å². The van der Waals surface area contributed by atoms with Crippen LogP contribution in [0.3, 0.4) is 0 Å². The van der Waals surface area contributed by atoms with Gasteiger partial charge >= 0.3 is 40.5 Å². The van der Waals surface area contributed by atoms with Gasteiger partial charge in [-0.05, 0) is 29.7 Å². The van der Waals surface area contributed by atoms with Gasteiger partial charge in [0.2, 0.25) is 0 Å². The fourth-order valence-corrected chi connectivity index (χ4v) is 0.988. The van der Waals surface area contributed by atoms with E-state index in [2.05, 4.69) is 42.4 Å². The molecule has 8 heteroatoms. The fourth-order valence-electron chi connectivity index (χ4n) is 0.812. The molecule has 0 fully saturated rings. The van der Waals surface area contributed by atoms with E-state index in [1.165, 1.54) is 11.8 Å². The molecule has 90 valence electrons. The molecule has 0 N–H and O–H groups in total. The van der Waals surface area contributed by atoms with Gasteiger partial charge in [0.1, 0.15) is 0 Å². The number of hydrogen-bond donors (Lipinski definition) is 0. The Bertz CT molecular complexity index is 388. The molecule has 1 aromatic rings. The van der Waals surface area contributed by atoms with Crippen LogP contribution in [-0.4, -0.2) is 21.8 Å². The first-order valence-electron chi connectivity index (χ1n) is 4.51. The standard InChI is InChI=1S/C9H11N3S2.2BrH.Zn/c1-7-4-3-5-8(11-7)6-10-12-9(13)14-2;;;/h3-6H,1-2H3,(H,12,13);2*1H;/q;;;+2/p-3. The third-order valence-corrected chi connectivity index (χ3v) is 2.43. The normalized spacial score (nSPS) is 10.7. The minimum atomic E-state index is -0.250. The maximum absolute atomic E-state index is 4.86. The summed E-state index contributed by atoms with van der Waals surface area (Å²) in [5, 5.41) is 7.62. The van der Waals surface area contributed by atoms with Crippen LogP contribution in [0.5, 0.6) is 0 Å². The number of aryl methyl sites for hydroxylation is 1. The number of rotatable bonds is 2. The molecule has 0 aromatic carbocycles. The van der Waals surface area contributed by atoms with Crippen molar-refractivity contribution in [1.29, 1.82) is 0 Å². The summed E-state index contributed by atoms with van der Waals surface area (Å²) in [4.78, 5) is 4.24. The van der Waals surface area contributed by atoms with Crippen molar-refractivity contribution in [2.24, 2.45) is 10.2 Å². The van der Waals surface area contributed by atoms with Gasteiger partial charge in [-0.25, -0.2) is 0 Å². The molecule has 0 spiro atoms. The number of thioether (sulfide) groups is 1. The Labute approximate surface area is 132 Å². The van der Waals surface area contributed by atoms with Crippen LogP contribution in [-0.2, 0) is 25.8 Å². The predicted octanol–water partition coefficient (Wildman–Crippen LogP) is 3.68. The molecule has 0 unspecified atom stereocenters. The van der Waals surface area contributed by atoms with Crippen molar-refractivity contribution in [2.75, 3.05) is 6.26 Å². The molecular weight excluding hydrogens is 439 g/mol. The van der Waals surface area contributed by atoms with Crippen molar-refractivity contribution in [3.05, 3.63) is 29.6 Å². The fraction of sp³-hybridized carbons (Fsp3) is 0.222. The molecule has 1 heterocycles. The minimum absolute atomic E-state index is 0.250. The summed E-state index contributed by atoms with van der Waals surface area (Å²) < 4.78 is 0.522. The molecule has 1 rings (SSSR count). The zero-order valence-electron chi connectivity index (χ0n) is 9.43. The van der Waals surface area contributed by atoms with Gasteiger partial charge in [0.15, 0.2) is 0 Å². The first-order chi connectivity index (χ1) is 8.13. The van der Waals surface area contributed by atoms with Gasteiger partial charge < -0.3 is 12.6 Å². The summed E-state index contributed by atoms with van der Waals surface area (Å²) in [5.74, 6) is 0. The predicted molar refractivity (Wildman–Crippen MR) is 82.7 cm³/mol. The van der Waals surface area contributed by atoms with Gasteiger partial charge in [-0.1, -0.05) is 6.07 Å². The summed E-state index contributed by atoms with van der Waals surface area (Å²) in [5.41, 5.74) is 1.75. The summed E-state index contributed by atoms with van der Waals surface area (Å²) >= 11 is 12.5. The van der Waals surface area contributed by atoms with Gasteiger partial charge in [0.25, 0.3) is 0 Å². The van der Waals surface area contributed by atoms with E-state index in [9.17, 15) is 0 Å². The summed E-state index contributed by atoms with van der Waals surface area (Å²) in [7, 11) is 0. The average molecular weight is 450 g/mol. The monoisotopic (exact) mass is 446 g/mol. The van der Waals surface area contributed by atoms with Crippen molar-refractivity contribution >= 4 is 62.2 Å². The second-order valence-corrected chi connectivity index (χ2v) is 18.1. The van der Waals surface area contributed by atoms with Crippen LogP contribution < -0.4 is 0 Å². The second kappa shape index (κ2) is 11.7. The number of hydrogen-bond acceptors (Lipinski definition) is 5. The number of nitrogens with zero attached hydrogens (tertiary/aromatic N) is 3. The number of halogens is 2. The van der Waals surface area contributed by atoms with Gasteiger partial charge in [-0.15, -0.1) is 11.8 Å². The Morgan fingerprint density at radius 2 is 2.18 bits per heavy atom. The molecule has 0 radical (unpaired) electrons. The van der Waals surface area contributed by atoms with E-state index in [1.807, 2.05) is 31.4 Å². The molecule has 0 saturated heterocycles. The molecule has 0 aliphatic rings. The van der Waals surface area contributed by atoms with E-state index in [1.54, 1.807) is 6.21 Å². The van der Waals surface area contributed by atoms with Crippen LogP contribution in [0.25, 0.3) is 0 Å². The van der Waals surface area contributed by atoms with Gasteiger partial charge in [0.05, 0.1) is 11.9 Å². The second-order valence-electron chi connectivity index (χ2n) is 2.62. The first kappa shape index (κ1) is 17.6. The van der Waals surface area contributed by atoms with Crippen molar-refractivity contribution in [3.63, 3.8) is 0 Å². The molecule has 17 heavy (non-hydrogen) atoms. The van der Waals surface area contributed by atoms with E-state index in [0.717, 1.165) is 11.4 Å². The number of pyridine rings is 1. The van der Waals surface area contributed by atoms with Crippen molar-refractivity contribution in [1.82, 2.24) is 4.98 Å². The molecular formula is C9H10Br2N3S2Zn-. The van der Waals surface area contributed by atoms with E-state index < -0.39 is 0 Å². The van der Waals surface area contributed by atoms with Crippen LogP contribution in [0, 0.1) is 6.92 Å². The summed E-state index contributed by atoms with van der Waals surface area (Å²) in [6.07, 6.45) is 3.46. The SMILES string of the molecule is CSC([S-])=NN=Cc1cccc(C)n1.[Br][Zn][Br]. The maximum atomic E-state index is 4.86. The first-order valence-corrected chi connectivity index (χ1v) is 20.0. The Hall–Kier alpha value is 0.643. The zero-order valence-corrected chi connectivity index (χ0v) is 17.2. The third-order valence-electron chi connectivity index (χ3n) is 1.41. The molecule has 0 bridgehead atoms.